The van der Waals surface area contributed by atoms with Crippen LogP contribution in [0.5, 0.6) is 0 Å². The SMILES string of the molecule is CCOC(=O)c1[nH]c2ccc(Br)cc2c1NC=O. The van der Waals surface area contributed by atoms with E-state index >= 15 is 0 Å². The van der Waals surface area contributed by atoms with Crippen LogP contribution in [-0.2, 0) is 9.53 Å². The van der Waals surface area contributed by atoms with Gasteiger partial charge in [-0.1, -0.05) is 15.9 Å². The fourth-order valence-electron chi connectivity index (χ4n) is 1.73. The van der Waals surface area contributed by atoms with E-state index < -0.39 is 5.97 Å². The van der Waals surface area contributed by atoms with Gasteiger partial charge in [0.05, 0.1) is 12.3 Å². The van der Waals surface area contributed by atoms with Crippen molar-refractivity contribution in [3.05, 3.63) is 28.4 Å². The summed E-state index contributed by atoms with van der Waals surface area (Å²) in [6.07, 6.45) is 0.534. The maximum absolute atomic E-state index is 11.8. The summed E-state index contributed by atoms with van der Waals surface area (Å²) in [5.41, 5.74) is 1.43. The molecule has 0 aliphatic heterocycles. The van der Waals surface area contributed by atoms with Crippen molar-refractivity contribution in [2.24, 2.45) is 0 Å². The highest BCUT2D eigenvalue weighted by molar-refractivity contribution is 9.10. The number of aromatic nitrogens is 1. The smallest absolute Gasteiger partial charge is 0.356 e. The molecular weight excluding hydrogens is 300 g/mol. The molecule has 6 heteroatoms. The number of nitrogens with one attached hydrogen (secondary N) is 2. The van der Waals surface area contributed by atoms with Crippen molar-refractivity contribution >= 4 is 44.9 Å². The lowest BCUT2D eigenvalue weighted by molar-refractivity contribution is -0.105. The summed E-state index contributed by atoms with van der Waals surface area (Å²) >= 11 is 3.35. The lowest BCUT2D eigenvalue weighted by atomic mass is 10.2. The number of amides is 1. The van der Waals surface area contributed by atoms with Crippen molar-refractivity contribution < 1.29 is 14.3 Å². The number of carbonyl (C=O) groups excluding carboxylic acids is 2. The van der Waals surface area contributed by atoms with E-state index in [0.717, 1.165) is 15.4 Å². The number of fused-ring (bicyclic) bond motifs is 1. The zero-order chi connectivity index (χ0) is 13.1. The van der Waals surface area contributed by atoms with Crippen molar-refractivity contribution in [1.82, 2.24) is 4.98 Å². The molecule has 2 rings (SSSR count). The minimum atomic E-state index is -0.492. The van der Waals surface area contributed by atoms with Gasteiger partial charge in [0.1, 0.15) is 5.69 Å². The number of halogens is 1. The highest BCUT2D eigenvalue weighted by Crippen LogP contribution is 2.30. The predicted octanol–water partition coefficient (Wildman–Crippen LogP) is 2.68. The van der Waals surface area contributed by atoms with Gasteiger partial charge in [-0.05, 0) is 25.1 Å². The van der Waals surface area contributed by atoms with E-state index in [-0.39, 0.29) is 12.3 Å². The minimum Gasteiger partial charge on any atom is -0.461 e. The Morgan fingerprint density at radius 2 is 2.33 bits per heavy atom. The average Bonchev–Trinajstić information content (AvgIpc) is 2.69. The first-order chi connectivity index (χ1) is 8.67. The van der Waals surface area contributed by atoms with Crippen LogP contribution >= 0.6 is 15.9 Å². The van der Waals surface area contributed by atoms with Gasteiger partial charge in [0, 0.05) is 15.4 Å². The van der Waals surface area contributed by atoms with E-state index in [2.05, 4.69) is 26.2 Å². The van der Waals surface area contributed by atoms with Crippen molar-refractivity contribution in [2.75, 3.05) is 11.9 Å². The largest absolute Gasteiger partial charge is 0.461 e. The first kappa shape index (κ1) is 12.6. The van der Waals surface area contributed by atoms with Crippen LogP contribution in [0.1, 0.15) is 17.4 Å². The maximum atomic E-state index is 11.8. The van der Waals surface area contributed by atoms with Crippen molar-refractivity contribution in [2.45, 2.75) is 6.92 Å². The number of carbonyl (C=O) groups is 2. The van der Waals surface area contributed by atoms with Gasteiger partial charge in [0.25, 0.3) is 0 Å². The van der Waals surface area contributed by atoms with Gasteiger partial charge in [0.15, 0.2) is 0 Å². The van der Waals surface area contributed by atoms with Crippen molar-refractivity contribution in [3.63, 3.8) is 0 Å². The molecule has 0 saturated heterocycles. The molecule has 2 N–H and O–H groups in total. The minimum absolute atomic E-state index is 0.247. The Morgan fingerprint density at radius 3 is 3.00 bits per heavy atom. The molecule has 1 heterocycles. The molecule has 0 unspecified atom stereocenters. The van der Waals surface area contributed by atoms with Crippen LogP contribution in [0, 0.1) is 0 Å². The topological polar surface area (TPSA) is 71.2 Å². The van der Waals surface area contributed by atoms with E-state index in [0.29, 0.717) is 12.1 Å². The standard InChI is InChI=1S/C12H11BrN2O3/c1-2-18-12(17)11-10(14-6-16)8-5-7(13)3-4-9(8)15-11/h3-6,15H,2H2,1H3,(H,14,16). The molecule has 1 amide bonds. The van der Waals surface area contributed by atoms with Crippen molar-refractivity contribution in [3.8, 4) is 0 Å². The Hall–Kier alpha value is -1.82. The quantitative estimate of drug-likeness (QED) is 0.673. The second-order valence-electron chi connectivity index (χ2n) is 3.55. The van der Waals surface area contributed by atoms with Crippen LogP contribution in [0.4, 0.5) is 5.69 Å². The third-order valence-corrected chi connectivity index (χ3v) is 2.94. The monoisotopic (exact) mass is 310 g/mol. The Bertz CT molecular complexity index is 607. The van der Waals surface area contributed by atoms with E-state index in [4.69, 9.17) is 4.74 Å². The van der Waals surface area contributed by atoms with Gasteiger partial charge in [0.2, 0.25) is 6.41 Å². The Morgan fingerprint density at radius 1 is 1.56 bits per heavy atom. The summed E-state index contributed by atoms with van der Waals surface area (Å²) < 4.78 is 5.80. The van der Waals surface area contributed by atoms with Gasteiger partial charge in [-0.3, -0.25) is 4.79 Å². The van der Waals surface area contributed by atoms with Crippen LogP contribution in [0.25, 0.3) is 10.9 Å². The maximum Gasteiger partial charge on any atom is 0.356 e. The number of H-pyrrole nitrogens is 1. The summed E-state index contributed by atoms with van der Waals surface area (Å²) in [4.78, 5) is 25.4. The molecule has 0 bridgehead atoms. The zero-order valence-corrected chi connectivity index (χ0v) is 11.2. The Kier molecular flexibility index (Phi) is 3.66. The molecule has 94 valence electrons. The molecule has 2 aromatic rings. The van der Waals surface area contributed by atoms with Crippen LogP contribution in [0.15, 0.2) is 22.7 Å². The molecule has 0 spiro atoms. The van der Waals surface area contributed by atoms with Gasteiger partial charge >= 0.3 is 5.97 Å². The summed E-state index contributed by atoms with van der Waals surface area (Å²) in [5, 5.41) is 3.28. The fourth-order valence-corrected chi connectivity index (χ4v) is 2.09. The number of anilines is 1. The summed E-state index contributed by atoms with van der Waals surface area (Å²) in [5.74, 6) is -0.492. The third kappa shape index (κ3) is 2.24. The number of ether oxygens (including phenoxy) is 1. The molecule has 0 saturated carbocycles. The number of aromatic amines is 1. The van der Waals surface area contributed by atoms with E-state index in [1.807, 2.05) is 18.2 Å². The predicted molar refractivity (Wildman–Crippen MR) is 71.6 cm³/mol. The van der Waals surface area contributed by atoms with E-state index in [9.17, 15) is 9.59 Å². The second-order valence-corrected chi connectivity index (χ2v) is 4.46. The van der Waals surface area contributed by atoms with Crippen molar-refractivity contribution in [1.29, 1.82) is 0 Å². The number of esters is 1. The summed E-state index contributed by atoms with van der Waals surface area (Å²) in [6.45, 7) is 2.00. The summed E-state index contributed by atoms with van der Waals surface area (Å²) in [6, 6.07) is 5.48. The molecule has 0 radical (unpaired) electrons. The molecule has 0 fully saturated rings. The third-order valence-electron chi connectivity index (χ3n) is 2.44. The van der Waals surface area contributed by atoms with E-state index in [1.165, 1.54) is 0 Å². The molecule has 0 aliphatic rings. The number of hydrogen-bond acceptors (Lipinski definition) is 3. The van der Waals surface area contributed by atoms with Gasteiger partial charge in [-0.15, -0.1) is 0 Å². The highest BCUT2D eigenvalue weighted by atomic mass is 79.9. The Labute approximate surface area is 112 Å². The molecule has 1 aromatic carbocycles. The molecule has 18 heavy (non-hydrogen) atoms. The first-order valence-corrected chi connectivity index (χ1v) is 6.15. The van der Waals surface area contributed by atoms with Crippen LogP contribution in [0.2, 0.25) is 0 Å². The number of benzene rings is 1. The average molecular weight is 311 g/mol. The highest BCUT2D eigenvalue weighted by Gasteiger charge is 2.18. The lowest BCUT2D eigenvalue weighted by Crippen LogP contribution is -2.08. The van der Waals surface area contributed by atoms with Gasteiger partial charge in [-0.2, -0.15) is 0 Å². The number of rotatable bonds is 4. The molecule has 0 aliphatic carbocycles. The number of hydrogen-bond donors (Lipinski definition) is 2. The summed E-state index contributed by atoms with van der Waals surface area (Å²) in [7, 11) is 0. The normalized spacial score (nSPS) is 10.3. The Balaban J connectivity index is 2.61. The zero-order valence-electron chi connectivity index (χ0n) is 9.62. The first-order valence-electron chi connectivity index (χ1n) is 5.36. The van der Waals surface area contributed by atoms with Crippen LogP contribution in [0.3, 0.4) is 0 Å². The lowest BCUT2D eigenvalue weighted by Gasteiger charge is -2.02. The second kappa shape index (κ2) is 5.22. The van der Waals surface area contributed by atoms with Gasteiger partial charge < -0.3 is 15.0 Å². The molecule has 1 aromatic heterocycles. The van der Waals surface area contributed by atoms with Crippen LogP contribution < -0.4 is 5.32 Å². The van der Waals surface area contributed by atoms with Gasteiger partial charge in [-0.25, -0.2) is 4.79 Å². The molecule has 5 nitrogen and oxygen atoms in total. The van der Waals surface area contributed by atoms with E-state index in [1.54, 1.807) is 6.92 Å². The molecule has 0 atom stereocenters. The fraction of sp³-hybridized carbons (Fsp3) is 0.167. The molecular formula is C12H11BrN2O3. The van der Waals surface area contributed by atoms with Crippen LogP contribution in [-0.4, -0.2) is 24.0 Å².